The van der Waals surface area contributed by atoms with Gasteiger partial charge in [-0.3, -0.25) is 0 Å². The zero-order valence-electron chi connectivity index (χ0n) is 22.2. The van der Waals surface area contributed by atoms with Crippen molar-refractivity contribution in [3.05, 3.63) is 94.0 Å². The first kappa shape index (κ1) is 28.5. The Morgan fingerprint density at radius 1 is 1.00 bits per heavy atom. The first-order valence-corrected chi connectivity index (χ1v) is 13.4. The molecule has 5 rings (SSSR count). The molecule has 40 heavy (non-hydrogen) atoms. The lowest BCUT2D eigenvalue weighted by atomic mass is 9.83. The Bertz CT molecular complexity index is 1370. The number of hydrogen-bond acceptors (Lipinski definition) is 9. The Morgan fingerprint density at radius 2 is 1.68 bits per heavy atom. The van der Waals surface area contributed by atoms with Crippen molar-refractivity contribution in [2.45, 2.75) is 50.0 Å². The monoisotopic (exact) mass is 569 g/mol. The molecule has 2 aliphatic rings. The largest absolute Gasteiger partial charge is 0.457 e. The maximum Gasteiger partial charge on any atom is 0.225 e. The summed E-state index contributed by atoms with van der Waals surface area (Å²) in [5.74, 6) is -0.396. The zero-order valence-corrected chi connectivity index (χ0v) is 22.9. The highest BCUT2D eigenvalue weighted by Gasteiger charge is 2.67. The van der Waals surface area contributed by atoms with E-state index in [4.69, 9.17) is 30.6 Å². The van der Waals surface area contributed by atoms with Crippen LogP contribution >= 0.6 is 11.6 Å². The van der Waals surface area contributed by atoms with Gasteiger partial charge in [-0.1, -0.05) is 35.0 Å². The average molecular weight is 570 g/mol. The quantitative estimate of drug-likeness (QED) is 0.227. The van der Waals surface area contributed by atoms with Gasteiger partial charge in [0, 0.05) is 10.6 Å². The zero-order chi connectivity index (χ0) is 28.5. The third-order valence-corrected chi connectivity index (χ3v) is 7.70. The molecule has 0 radical (unpaired) electrons. The summed E-state index contributed by atoms with van der Waals surface area (Å²) in [5, 5.41) is 46.1. The van der Waals surface area contributed by atoms with Gasteiger partial charge < -0.3 is 39.5 Å². The molecule has 0 amide bonds. The number of nitrogens with zero attached hydrogens (tertiary/aromatic N) is 1. The Kier molecular flexibility index (Phi) is 8.17. The summed E-state index contributed by atoms with van der Waals surface area (Å²) < 4.78 is 17.8. The number of aliphatic hydroxyl groups excluding tert-OH is 4. The number of halogens is 1. The maximum absolute atomic E-state index is 10.8. The van der Waals surface area contributed by atoms with Crippen molar-refractivity contribution in [2.24, 2.45) is 5.16 Å². The van der Waals surface area contributed by atoms with Crippen LogP contribution in [-0.2, 0) is 26.5 Å². The molecule has 0 aliphatic carbocycles. The molecule has 4 N–H and O–H groups in total. The maximum atomic E-state index is 10.8. The van der Waals surface area contributed by atoms with Crippen LogP contribution in [-0.4, -0.2) is 69.9 Å². The van der Waals surface area contributed by atoms with Gasteiger partial charge in [-0.05, 0) is 85.5 Å². The highest BCUT2D eigenvalue weighted by molar-refractivity contribution is 6.31. The highest BCUT2D eigenvalue weighted by Crippen LogP contribution is 2.49. The minimum absolute atomic E-state index is 0.193. The second kappa shape index (κ2) is 11.5. The Labute approximate surface area is 237 Å². The van der Waals surface area contributed by atoms with Crippen LogP contribution in [0.25, 0.3) is 0 Å². The standard InChI is InChI=1S/C30H32ClNO8/c1-3-38-32-18(2)20-6-11-24(12-7-20)39-23-9-4-19(5-10-23)14-21-15-22(8-13-25(21)31)30-28(36)26(34)27(35)29(16-33,40-30)17-37-30/h4-13,15,26-28,33-36H,3,14,16-17H2,1-2H3/b32-18-/t26-,27+,28+,29-,30+/m0/s1. The molecule has 3 aromatic carbocycles. The van der Waals surface area contributed by atoms with E-state index in [2.05, 4.69) is 5.16 Å². The van der Waals surface area contributed by atoms with Crippen molar-refractivity contribution in [1.29, 1.82) is 0 Å². The molecule has 0 aromatic heterocycles. The number of rotatable bonds is 9. The summed E-state index contributed by atoms with van der Waals surface area (Å²) in [6, 6.07) is 20.2. The summed E-state index contributed by atoms with van der Waals surface area (Å²) in [4.78, 5) is 5.10. The second-order valence-corrected chi connectivity index (χ2v) is 10.4. The summed E-state index contributed by atoms with van der Waals surface area (Å²) in [5.41, 5.74) is 2.31. The molecule has 2 heterocycles. The van der Waals surface area contributed by atoms with Gasteiger partial charge in [0.2, 0.25) is 5.79 Å². The van der Waals surface area contributed by atoms with E-state index < -0.39 is 36.3 Å². The summed E-state index contributed by atoms with van der Waals surface area (Å²) in [7, 11) is 0. The van der Waals surface area contributed by atoms with Crippen molar-refractivity contribution in [3.8, 4) is 11.5 Å². The number of fused-ring (bicyclic) bond motifs is 2. The SMILES string of the molecule is CCO/N=C(/C)c1ccc(Oc2ccc(Cc3cc([C@@]45OC[C@](CO)(O4)[C@H](O)[C@H](O)[C@H]5O)ccc3Cl)cc2)cc1. The number of ether oxygens (including phenoxy) is 3. The van der Waals surface area contributed by atoms with E-state index >= 15 is 0 Å². The number of aliphatic hydroxyl groups is 4. The smallest absolute Gasteiger partial charge is 0.225 e. The van der Waals surface area contributed by atoms with E-state index in [9.17, 15) is 20.4 Å². The Balaban J connectivity index is 1.30. The molecule has 10 heteroatoms. The third kappa shape index (κ3) is 5.22. The molecule has 2 saturated heterocycles. The molecule has 0 spiro atoms. The molecule has 9 nitrogen and oxygen atoms in total. The van der Waals surface area contributed by atoms with Crippen molar-refractivity contribution in [2.75, 3.05) is 19.8 Å². The highest BCUT2D eigenvalue weighted by atomic mass is 35.5. The van der Waals surface area contributed by atoms with Crippen LogP contribution in [0.4, 0.5) is 0 Å². The Morgan fingerprint density at radius 3 is 2.33 bits per heavy atom. The fraction of sp³-hybridized carbons (Fsp3) is 0.367. The fourth-order valence-electron chi connectivity index (χ4n) is 5.01. The normalized spacial score (nSPS) is 28.0. The predicted octanol–water partition coefficient (Wildman–Crippen LogP) is 3.51. The minimum Gasteiger partial charge on any atom is -0.457 e. The van der Waals surface area contributed by atoms with Crippen LogP contribution in [0.1, 0.15) is 36.1 Å². The van der Waals surface area contributed by atoms with Crippen LogP contribution in [0, 0.1) is 0 Å². The molecule has 0 saturated carbocycles. The van der Waals surface area contributed by atoms with Gasteiger partial charge in [-0.2, -0.15) is 0 Å². The van der Waals surface area contributed by atoms with Crippen LogP contribution in [0.5, 0.6) is 11.5 Å². The lowest BCUT2D eigenvalue weighted by Gasteiger charge is -2.46. The first-order chi connectivity index (χ1) is 19.2. The van der Waals surface area contributed by atoms with Crippen molar-refractivity contribution in [3.63, 3.8) is 0 Å². The van der Waals surface area contributed by atoms with Crippen LogP contribution in [0.2, 0.25) is 5.02 Å². The topological polar surface area (TPSA) is 130 Å². The molecule has 2 aliphatic heterocycles. The van der Waals surface area contributed by atoms with Gasteiger partial charge in [0.15, 0.2) is 0 Å². The van der Waals surface area contributed by atoms with E-state index in [1.807, 2.05) is 62.4 Å². The van der Waals surface area contributed by atoms with Gasteiger partial charge in [-0.15, -0.1) is 0 Å². The molecule has 2 bridgehead atoms. The number of hydrogen-bond donors (Lipinski definition) is 4. The number of benzene rings is 3. The lowest BCUT2D eigenvalue weighted by molar-refractivity contribution is -0.329. The lowest BCUT2D eigenvalue weighted by Crippen LogP contribution is -2.65. The van der Waals surface area contributed by atoms with E-state index in [1.54, 1.807) is 18.2 Å². The van der Waals surface area contributed by atoms with E-state index in [0.29, 0.717) is 35.1 Å². The molecule has 0 unspecified atom stereocenters. The van der Waals surface area contributed by atoms with Crippen molar-refractivity contribution in [1.82, 2.24) is 0 Å². The first-order valence-electron chi connectivity index (χ1n) is 13.0. The predicted molar refractivity (Wildman–Crippen MR) is 148 cm³/mol. The van der Waals surface area contributed by atoms with Crippen LogP contribution < -0.4 is 4.74 Å². The third-order valence-electron chi connectivity index (χ3n) is 7.33. The second-order valence-electron chi connectivity index (χ2n) is 10.0. The summed E-state index contributed by atoms with van der Waals surface area (Å²) in [6.45, 7) is 3.50. The van der Waals surface area contributed by atoms with E-state index in [-0.39, 0.29) is 6.61 Å². The molecular weight excluding hydrogens is 538 g/mol. The average Bonchev–Trinajstić information content (AvgIpc) is 3.36. The summed E-state index contributed by atoms with van der Waals surface area (Å²) >= 11 is 6.51. The van der Waals surface area contributed by atoms with Crippen molar-refractivity contribution < 1.29 is 39.5 Å². The molecular formula is C30H32ClNO8. The Hall–Kier alpha value is -3.02. The number of oxime groups is 1. The van der Waals surface area contributed by atoms with Crippen LogP contribution in [0.15, 0.2) is 71.9 Å². The molecule has 2 fully saturated rings. The van der Waals surface area contributed by atoms with E-state index in [1.165, 1.54) is 0 Å². The molecule has 212 valence electrons. The molecule has 3 aromatic rings. The fourth-order valence-corrected chi connectivity index (χ4v) is 5.20. The van der Waals surface area contributed by atoms with Gasteiger partial charge >= 0.3 is 0 Å². The van der Waals surface area contributed by atoms with Gasteiger partial charge in [0.1, 0.15) is 42.0 Å². The summed E-state index contributed by atoms with van der Waals surface area (Å²) in [6.07, 6.45) is -4.20. The minimum atomic E-state index is -1.75. The van der Waals surface area contributed by atoms with Gasteiger partial charge in [0.25, 0.3) is 0 Å². The van der Waals surface area contributed by atoms with Crippen molar-refractivity contribution >= 4 is 17.3 Å². The van der Waals surface area contributed by atoms with E-state index in [0.717, 1.165) is 22.4 Å². The van der Waals surface area contributed by atoms with Crippen LogP contribution in [0.3, 0.4) is 0 Å². The molecule has 5 atom stereocenters. The van der Waals surface area contributed by atoms with Gasteiger partial charge in [-0.25, -0.2) is 0 Å². The van der Waals surface area contributed by atoms with Gasteiger partial charge in [0.05, 0.1) is 18.9 Å².